The first-order chi connectivity index (χ1) is 9.75. The van der Waals surface area contributed by atoms with Crippen LogP contribution in [0.2, 0.25) is 10.0 Å². The molecule has 1 rings (SSSR count). The van der Waals surface area contributed by atoms with Crippen molar-refractivity contribution in [2.45, 2.75) is 32.2 Å². The van der Waals surface area contributed by atoms with Crippen molar-refractivity contribution in [1.29, 1.82) is 0 Å². The Hall–Kier alpha value is -1.53. The minimum Gasteiger partial charge on any atom is -0.480 e. The fourth-order valence-corrected chi connectivity index (χ4v) is 2.36. The van der Waals surface area contributed by atoms with Crippen molar-refractivity contribution in [3.63, 3.8) is 0 Å². The lowest BCUT2D eigenvalue weighted by Gasteiger charge is -2.28. The molecule has 0 saturated heterocycles. The Morgan fingerprint density at radius 2 is 1.71 bits per heavy atom. The van der Waals surface area contributed by atoms with E-state index in [2.05, 4.69) is 10.6 Å². The molecule has 0 saturated carbocycles. The highest BCUT2D eigenvalue weighted by molar-refractivity contribution is 6.39. The molecule has 2 amide bonds. The van der Waals surface area contributed by atoms with Gasteiger partial charge in [0.1, 0.15) is 11.4 Å². The summed E-state index contributed by atoms with van der Waals surface area (Å²) in [5, 5.41) is 13.8. The molecule has 0 bridgehead atoms. The van der Waals surface area contributed by atoms with Crippen molar-refractivity contribution in [2.24, 2.45) is 0 Å². The van der Waals surface area contributed by atoms with Crippen LogP contribution in [0, 0.1) is 5.82 Å². The van der Waals surface area contributed by atoms with Crippen LogP contribution >= 0.6 is 23.2 Å². The molecule has 0 aromatic heterocycles. The van der Waals surface area contributed by atoms with Crippen molar-refractivity contribution in [3.05, 3.63) is 28.0 Å². The van der Waals surface area contributed by atoms with Crippen molar-refractivity contribution in [3.8, 4) is 0 Å². The van der Waals surface area contributed by atoms with Gasteiger partial charge in [-0.15, -0.1) is 0 Å². The summed E-state index contributed by atoms with van der Waals surface area (Å²) < 4.78 is 13.1. The molecular formula is C13H15Cl2FN2O3. The zero-order valence-corrected chi connectivity index (χ0v) is 13.0. The van der Waals surface area contributed by atoms with Crippen LogP contribution in [0.1, 0.15) is 26.7 Å². The van der Waals surface area contributed by atoms with Gasteiger partial charge in [-0.2, -0.15) is 0 Å². The Labute approximate surface area is 131 Å². The number of carboxylic acid groups (broad SMARTS) is 1. The maximum absolute atomic E-state index is 13.1. The number of benzene rings is 1. The van der Waals surface area contributed by atoms with Gasteiger partial charge in [-0.05, 0) is 25.0 Å². The molecule has 0 aliphatic rings. The fourth-order valence-electron chi connectivity index (χ4n) is 1.81. The molecule has 21 heavy (non-hydrogen) atoms. The van der Waals surface area contributed by atoms with Gasteiger partial charge in [-0.3, -0.25) is 0 Å². The summed E-state index contributed by atoms with van der Waals surface area (Å²) in [6.07, 6.45) is 0.411. The zero-order chi connectivity index (χ0) is 16.2. The van der Waals surface area contributed by atoms with Gasteiger partial charge in [0.05, 0.1) is 15.7 Å². The summed E-state index contributed by atoms with van der Waals surface area (Å²) in [4.78, 5) is 23.2. The van der Waals surface area contributed by atoms with Crippen molar-refractivity contribution in [2.75, 3.05) is 5.32 Å². The van der Waals surface area contributed by atoms with Crippen LogP contribution in [-0.4, -0.2) is 22.6 Å². The van der Waals surface area contributed by atoms with E-state index in [-0.39, 0.29) is 28.6 Å². The second kappa shape index (κ2) is 6.95. The maximum Gasteiger partial charge on any atom is 0.329 e. The third kappa shape index (κ3) is 3.98. The molecule has 0 unspecified atom stereocenters. The average molecular weight is 337 g/mol. The van der Waals surface area contributed by atoms with E-state index in [9.17, 15) is 19.1 Å². The molecule has 0 aliphatic heterocycles. The monoisotopic (exact) mass is 336 g/mol. The largest absolute Gasteiger partial charge is 0.480 e. The number of amides is 2. The number of carbonyl (C=O) groups excluding carboxylic acids is 1. The Balaban J connectivity index is 2.95. The van der Waals surface area contributed by atoms with Crippen LogP contribution in [0.25, 0.3) is 0 Å². The highest BCUT2D eigenvalue weighted by atomic mass is 35.5. The first-order valence-electron chi connectivity index (χ1n) is 6.22. The topological polar surface area (TPSA) is 78.4 Å². The van der Waals surface area contributed by atoms with Crippen molar-refractivity contribution in [1.82, 2.24) is 5.32 Å². The average Bonchev–Trinajstić information content (AvgIpc) is 2.40. The van der Waals surface area contributed by atoms with Gasteiger partial charge >= 0.3 is 12.0 Å². The highest BCUT2D eigenvalue weighted by Crippen LogP contribution is 2.31. The normalized spacial score (nSPS) is 11.1. The minimum atomic E-state index is -1.39. The molecule has 0 radical (unpaired) electrons. The number of hydrogen-bond donors (Lipinski definition) is 3. The number of rotatable bonds is 5. The quantitative estimate of drug-likeness (QED) is 0.762. The summed E-state index contributed by atoms with van der Waals surface area (Å²) in [6, 6.07) is 1.21. The molecule has 5 nitrogen and oxygen atoms in total. The lowest BCUT2D eigenvalue weighted by atomic mass is 9.93. The molecule has 0 aliphatic carbocycles. The summed E-state index contributed by atoms with van der Waals surface area (Å²) >= 11 is 11.6. The van der Waals surface area contributed by atoms with Crippen molar-refractivity contribution >= 4 is 40.9 Å². The molecule has 1 aromatic carbocycles. The second-order valence-electron chi connectivity index (χ2n) is 4.42. The van der Waals surface area contributed by atoms with Crippen LogP contribution in [0.5, 0.6) is 0 Å². The van der Waals surface area contributed by atoms with Gasteiger partial charge in [0.15, 0.2) is 0 Å². The number of aliphatic carboxylic acids is 1. The van der Waals surface area contributed by atoms with E-state index in [1.807, 2.05) is 0 Å². The van der Waals surface area contributed by atoms with E-state index in [0.29, 0.717) is 0 Å². The first-order valence-corrected chi connectivity index (χ1v) is 6.98. The Bertz CT molecular complexity index is 539. The molecule has 0 atom stereocenters. The minimum absolute atomic E-state index is 0.0173. The molecule has 0 heterocycles. The van der Waals surface area contributed by atoms with Crippen LogP contribution in [0.15, 0.2) is 12.1 Å². The number of hydrogen-bond acceptors (Lipinski definition) is 2. The van der Waals surface area contributed by atoms with Gasteiger partial charge in [0, 0.05) is 0 Å². The molecule has 3 N–H and O–H groups in total. The molecule has 0 fully saturated rings. The first kappa shape index (κ1) is 17.5. The molecule has 1 aromatic rings. The number of halogens is 3. The number of urea groups is 1. The van der Waals surface area contributed by atoms with Gasteiger partial charge in [-0.1, -0.05) is 37.0 Å². The summed E-state index contributed by atoms with van der Waals surface area (Å²) in [5.74, 6) is -1.78. The SMILES string of the molecule is CCC(CC)(NC(=O)Nc1c(Cl)cc(F)cc1Cl)C(=O)O. The third-order valence-corrected chi connectivity index (χ3v) is 3.81. The zero-order valence-electron chi connectivity index (χ0n) is 11.5. The van der Waals surface area contributed by atoms with Crippen LogP contribution in [0.3, 0.4) is 0 Å². The van der Waals surface area contributed by atoms with Gasteiger partial charge in [0.2, 0.25) is 0 Å². The van der Waals surface area contributed by atoms with E-state index in [0.717, 1.165) is 12.1 Å². The smallest absolute Gasteiger partial charge is 0.329 e. The second-order valence-corrected chi connectivity index (χ2v) is 5.23. The molecule has 0 spiro atoms. The lowest BCUT2D eigenvalue weighted by Crippen LogP contribution is -2.55. The van der Waals surface area contributed by atoms with Gasteiger partial charge in [0.25, 0.3) is 0 Å². The van der Waals surface area contributed by atoms with E-state index in [1.54, 1.807) is 13.8 Å². The van der Waals surface area contributed by atoms with Gasteiger partial charge < -0.3 is 15.7 Å². The number of carboxylic acids is 1. The summed E-state index contributed by atoms with van der Waals surface area (Å²) in [5.41, 5.74) is -1.37. The van der Waals surface area contributed by atoms with E-state index in [4.69, 9.17) is 23.2 Å². The van der Waals surface area contributed by atoms with Crippen LogP contribution in [-0.2, 0) is 4.79 Å². The maximum atomic E-state index is 13.1. The summed E-state index contributed by atoms with van der Waals surface area (Å²) in [7, 11) is 0. The molecule has 116 valence electrons. The van der Waals surface area contributed by atoms with E-state index in [1.165, 1.54) is 0 Å². The number of carbonyl (C=O) groups is 2. The summed E-state index contributed by atoms with van der Waals surface area (Å²) in [6.45, 7) is 3.30. The van der Waals surface area contributed by atoms with Crippen LogP contribution < -0.4 is 10.6 Å². The Kier molecular flexibility index (Phi) is 5.80. The molecular weight excluding hydrogens is 322 g/mol. The third-order valence-electron chi connectivity index (χ3n) is 3.21. The number of nitrogens with one attached hydrogen (secondary N) is 2. The predicted octanol–water partition coefficient (Wildman–Crippen LogP) is 3.90. The Morgan fingerprint density at radius 3 is 2.10 bits per heavy atom. The number of anilines is 1. The predicted molar refractivity (Wildman–Crippen MR) is 79.5 cm³/mol. The fraction of sp³-hybridized carbons (Fsp3) is 0.385. The van der Waals surface area contributed by atoms with Crippen LogP contribution in [0.4, 0.5) is 14.9 Å². The standard InChI is InChI=1S/C13H15Cl2FN2O3/c1-3-13(4-2,11(19)20)18-12(21)17-10-8(14)5-7(16)6-9(10)15/h5-6H,3-4H2,1-2H3,(H,19,20)(H2,17,18,21). The van der Waals surface area contributed by atoms with E-state index >= 15 is 0 Å². The molecule has 8 heteroatoms. The van der Waals surface area contributed by atoms with Gasteiger partial charge in [-0.25, -0.2) is 14.0 Å². The van der Waals surface area contributed by atoms with Crippen molar-refractivity contribution < 1.29 is 19.1 Å². The highest BCUT2D eigenvalue weighted by Gasteiger charge is 2.36. The Morgan fingerprint density at radius 1 is 1.24 bits per heavy atom. The lowest BCUT2D eigenvalue weighted by molar-refractivity contribution is -0.144. The van der Waals surface area contributed by atoms with E-state index < -0.39 is 23.4 Å².